The van der Waals surface area contributed by atoms with E-state index in [2.05, 4.69) is 20.6 Å². The lowest BCUT2D eigenvalue weighted by molar-refractivity contribution is 0.101. The van der Waals surface area contributed by atoms with Crippen molar-refractivity contribution in [3.63, 3.8) is 0 Å². The molecule has 0 aliphatic carbocycles. The summed E-state index contributed by atoms with van der Waals surface area (Å²) in [5.41, 5.74) is 1.94. The number of amides is 1. The Morgan fingerprint density at radius 3 is 2.57 bits per heavy atom. The first-order chi connectivity index (χ1) is 13.5. The predicted octanol–water partition coefficient (Wildman–Crippen LogP) is 4.34. The minimum Gasteiger partial charge on any atom is -0.495 e. The number of benzene rings is 2. The summed E-state index contributed by atoms with van der Waals surface area (Å²) in [5.74, 6) is 0.489. The normalized spacial score (nSPS) is 10.2. The van der Waals surface area contributed by atoms with Gasteiger partial charge < -0.3 is 15.4 Å². The lowest BCUT2D eigenvalue weighted by Gasteiger charge is -2.09. The van der Waals surface area contributed by atoms with Crippen LogP contribution in [0.2, 0.25) is 5.02 Å². The molecule has 0 aliphatic rings. The van der Waals surface area contributed by atoms with Gasteiger partial charge in [-0.25, -0.2) is 9.97 Å². The van der Waals surface area contributed by atoms with Gasteiger partial charge >= 0.3 is 0 Å². The molecule has 7 nitrogen and oxygen atoms in total. The molecule has 0 atom stereocenters. The smallest absolute Gasteiger partial charge is 0.274 e. The highest BCUT2D eigenvalue weighted by atomic mass is 35.5. The van der Waals surface area contributed by atoms with E-state index in [1.54, 1.807) is 42.5 Å². The van der Waals surface area contributed by atoms with Crippen molar-refractivity contribution >= 4 is 40.5 Å². The van der Waals surface area contributed by atoms with E-state index in [0.717, 1.165) is 0 Å². The van der Waals surface area contributed by atoms with Crippen LogP contribution in [0, 0.1) is 0 Å². The Labute approximate surface area is 166 Å². The molecule has 0 unspecified atom stereocenters. The number of methoxy groups -OCH3 is 1. The van der Waals surface area contributed by atoms with Crippen molar-refractivity contribution in [1.82, 2.24) is 9.97 Å². The standard InChI is InChI=1S/C20H17ClN4O3/c1-12(26)13-4-3-5-14(8-13)24-19-10-17(22-11-23-19)20(27)25-15-6-7-18(28-2)16(21)9-15/h3-11H,1-2H3,(H,25,27)(H,22,23,24). The maximum absolute atomic E-state index is 12.5. The lowest BCUT2D eigenvalue weighted by Crippen LogP contribution is -2.14. The van der Waals surface area contributed by atoms with Crippen molar-refractivity contribution in [2.45, 2.75) is 6.92 Å². The van der Waals surface area contributed by atoms with E-state index in [1.807, 2.05) is 0 Å². The summed E-state index contributed by atoms with van der Waals surface area (Å²) in [6.45, 7) is 1.50. The van der Waals surface area contributed by atoms with E-state index in [1.165, 1.54) is 26.4 Å². The zero-order valence-electron chi connectivity index (χ0n) is 15.2. The summed E-state index contributed by atoms with van der Waals surface area (Å²) in [4.78, 5) is 32.1. The van der Waals surface area contributed by atoms with Crippen LogP contribution >= 0.6 is 11.6 Å². The van der Waals surface area contributed by atoms with E-state index in [-0.39, 0.29) is 11.5 Å². The molecule has 0 fully saturated rings. The van der Waals surface area contributed by atoms with Crippen molar-refractivity contribution in [2.24, 2.45) is 0 Å². The third kappa shape index (κ3) is 4.63. The summed E-state index contributed by atoms with van der Waals surface area (Å²) >= 11 is 6.07. The number of ether oxygens (including phenoxy) is 1. The molecule has 0 aliphatic heterocycles. The fourth-order valence-electron chi connectivity index (χ4n) is 2.45. The molecule has 8 heteroatoms. The van der Waals surface area contributed by atoms with Gasteiger partial charge in [0.2, 0.25) is 0 Å². The molecule has 0 bridgehead atoms. The Kier molecular flexibility index (Phi) is 5.86. The number of carbonyl (C=O) groups is 2. The zero-order valence-corrected chi connectivity index (χ0v) is 15.9. The second-order valence-corrected chi connectivity index (χ2v) is 6.26. The monoisotopic (exact) mass is 396 g/mol. The number of hydrogen-bond acceptors (Lipinski definition) is 6. The van der Waals surface area contributed by atoms with Gasteiger partial charge in [-0.05, 0) is 37.3 Å². The van der Waals surface area contributed by atoms with Crippen LogP contribution in [0.15, 0.2) is 54.9 Å². The van der Waals surface area contributed by atoms with Crippen LogP contribution in [0.1, 0.15) is 27.8 Å². The number of halogens is 1. The molecule has 28 heavy (non-hydrogen) atoms. The van der Waals surface area contributed by atoms with Crippen molar-refractivity contribution in [2.75, 3.05) is 17.7 Å². The highest BCUT2D eigenvalue weighted by Gasteiger charge is 2.11. The number of nitrogens with zero attached hydrogens (tertiary/aromatic N) is 2. The topological polar surface area (TPSA) is 93.2 Å². The van der Waals surface area contributed by atoms with Crippen molar-refractivity contribution in [1.29, 1.82) is 0 Å². The highest BCUT2D eigenvalue weighted by molar-refractivity contribution is 6.32. The molecule has 0 spiro atoms. The lowest BCUT2D eigenvalue weighted by atomic mass is 10.1. The second kappa shape index (κ2) is 8.49. The number of Topliss-reactive ketones (excluding diaryl/α,β-unsaturated/α-hetero) is 1. The van der Waals surface area contributed by atoms with Gasteiger partial charge in [-0.3, -0.25) is 9.59 Å². The second-order valence-electron chi connectivity index (χ2n) is 5.85. The van der Waals surface area contributed by atoms with Crippen LogP contribution in [0.5, 0.6) is 5.75 Å². The molecule has 1 amide bonds. The van der Waals surface area contributed by atoms with E-state index < -0.39 is 5.91 Å². The number of ketones is 1. The predicted molar refractivity (Wildman–Crippen MR) is 108 cm³/mol. The summed E-state index contributed by atoms with van der Waals surface area (Å²) in [6.07, 6.45) is 1.28. The van der Waals surface area contributed by atoms with E-state index in [9.17, 15) is 9.59 Å². The van der Waals surface area contributed by atoms with Crippen molar-refractivity contribution in [3.8, 4) is 5.75 Å². The highest BCUT2D eigenvalue weighted by Crippen LogP contribution is 2.27. The van der Waals surface area contributed by atoms with Gasteiger partial charge in [0.15, 0.2) is 5.78 Å². The molecule has 2 aromatic carbocycles. The summed E-state index contributed by atoms with van der Waals surface area (Å²) in [7, 11) is 1.51. The number of anilines is 3. The molecule has 2 N–H and O–H groups in total. The Balaban J connectivity index is 1.75. The summed E-state index contributed by atoms with van der Waals surface area (Å²) < 4.78 is 5.09. The molecule has 142 valence electrons. The van der Waals surface area contributed by atoms with E-state index >= 15 is 0 Å². The third-order valence-electron chi connectivity index (χ3n) is 3.85. The van der Waals surface area contributed by atoms with Gasteiger partial charge in [-0.15, -0.1) is 0 Å². The minimum absolute atomic E-state index is 0.0374. The van der Waals surface area contributed by atoms with Gasteiger partial charge in [0.1, 0.15) is 23.6 Å². The SMILES string of the molecule is COc1ccc(NC(=O)c2cc(Nc3cccc(C(C)=O)c3)ncn2)cc1Cl. The first kappa shape index (κ1) is 19.3. The Bertz CT molecular complexity index is 1040. The fourth-order valence-corrected chi connectivity index (χ4v) is 2.71. The van der Waals surface area contributed by atoms with Crippen LogP contribution in [0.4, 0.5) is 17.2 Å². The number of nitrogens with one attached hydrogen (secondary N) is 2. The molecule has 1 aromatic heterocycles. The van der Waals surface area contributed by atoms with Crippen molar-refractivity contribution < 1.29 is 14.3 Å². The van der Waals surface area contributed by atoms with Crippen LogP contribution in [-0.4, -0.2) is 28.8 Å². The molecule has 3 rings (SSSR count). The largest absolute Gasteiger partial charge is 0.495 e. The molecule has 1 heterocycles. The molecule has 0 saturated carbocycles. The Morgan fingerprint density at radius 1 is 1.04 bits per heavy atom. The van der Waals surface area contributed by atoms with Gasteiger partial charge in [0.25, 0.3) is 5.91 Å². The average Bonchev–Trinajstić information content (AvgIpc) is 2.68. The Hall–Kier alpha value is -3.45. The van der Waals surface area contributed by atoms with Gasteiger partial charge in [0.05, 0.1) is 12.1 Å². The van der Waals surface area contributed by atoms with Crippen LogP contribution in [0.25, 0.3) is 0 Å². The molecular weight excluding hydrogens is 380 g/mol. The van der Waals surface area contributed by atoms with Gasteiger partial charge in [0, 0.05) is 23.0 Å². The molecule has 0 saturated heterocycles. The van der Waals surface area contributed by atoms with E-state index in [0.29, 0.717) is 33.5 Å². The molecule has 0 radical (unpaired) electrons. The first-order valence-electron chi connectivity index (χ1n) is 8.31. The van der Waals surface area contributed by atoms with Gasteiger partial charge in [-0.1, -0.05) is 23.7 Å². The summed E-state index contributed by atoms with van der Waals surface area (Å²) in [6, 6.07) is 13.4. The van der Waals surface area contributed by atoms with Gasteiger partial charge in [-0.2, -0.15) is 0 Å². The number of aromatic nitrogens is 2. The summed E-state index contributed by atoms with van der Waals surface area (Å²) in [5, 5.41) is 6.17. The van der Waals surface area contributed by atoms with E-state index in [4.69, 9.17) is 16.3 Å². The number of carbonyl (C=O) groups excluding carboxylic acids is 2. The zero-order chi connectivity index (χ0) is 20.1. The molecular formula is C20H17ClN4O3. The van der Waals surface area contributed by atoms with Crippen molar-refractivity contribution in [3.05, 3.63) is 71.1 Å². The first-order valence-corrected chi connectivity index (χ1v) is 8.69. The maximum atomic E-state index is 12.5. The maximum Gasteiger partial charge on any atom is 0.274 e. The van der Waals surface area contributed by atoms with Crippen LogP contribution in [0.3, 0.4) is 0 Å². The average molecular weight is 397 g/mol. The number of hydrogen-bond donors (Lipinski definition) is 2. The van der Waals surface area contributed by atoms with Crippen LogP contribution < -0.4 is 15.4 Å². The number of rotatable bonds is 6. The third-order valence-corrected chi connectivity index (χ3v) is 4.15. The minimum atomic E-state index is -0.413. The quantitative estimate of drug-likeness (QED) is 0.602. The van der Waals surface area contributed by atoms with Crippen LogP contribution in [-0.2, 0) is 0 Å². The Morgan fingerprint density at radius 2 is 1.86 bits per heavy atom. The fraction of sp³-hybridized carbons (Fsp3) is 0.100. The molecule has 3 aromatic rings.